The Morgan fingerprint density at radius 1 is 1.08 bits per heavy atom. The van der Waals surface area contributed by atoms with Gasteiger partial charge in [0.1, 0.15) is 0 Å². The van der Waals surface area contributed by atoms with Gasteiger partial charge in [0.2, 0.25) is 11.8 Å². The molecule has 2 aromatic rings. The Hall–Kier alpha value is -1.89. The van der Waals surface area contributed by atoms with Crippen LogP contribution in [0.2, 0.25) is 0 Å². The molecule has 3 N–H and O–H groups in total. The second kappa shape index (κ2) is 10.1. The van der Waals surface area contributed by atoms with E-state index >= 15 is 0 Å². The molecular formula is C17H22ClN3O2S. The third-order valence-corrected chi connectivity index (χ3v) is 4.21. The Labute approximate surface area is 152 Å². The van der Waals surface area contributed by atoms with E-state index in [-0.39, 0.29) is 30.1 Å². The molecule has 1 atom stereocenters. The largest absolute Gasteiger partial charge is 0.324 e. The van der Waals surface area contributed by atoms with Crippen LogP contribution in [0.3, 0.4) is 0 Å². The molecule has 1 aromatic heterocycles. The van der Waals surface area contributed by atoms with Crippen molar-refractivity contribution in [1.82, 2.24) is 5.32 Å². The highest BCUT2D eigenvalue weighted by Gasteiger charge is 2.14. The number of carbonyl (C=O) groups excluding carboxylic acids is 2. The minimum Gasteiger partial charge on any atom is -0.324 e. The zero-order valence-corrected chi connectivity index (χ0v) is 15.3. The quantitative estimate of drug-likeness (QED) is 0.704. The molecule has 5 nitrogen and oxygen atoms in total. The lowest BCUT2D eigenvalue weighted by Crippen LogP contribution is -2.29. The molecule has 1 unspecified atom stereocenters. The predicted octanol–water partition coefficient (Wildman–Crippen LogP) is 3.15. The van der Waals surface area contributed by atoms with Crippen molar-refractivity contribution < 1.29 is 9.59 Å². The number of hydrogen-bond acceptors (Lipinski definition) is 4. The molecule has 130 valence electrons. The van der Waals surface area contributed by atoms with Gasteiger partial charge in [0.25, 0.3) is 0 Å². The Kier molecular flexibility index (Phi) is 8.46. The number of carbonyl (C=O) groups is 2. The summed E-state index contributed by atoms with van der Waals surface area (Å²) in [7, 11) is 1.81. The number of amides is 2. The van der Waals surface area contributed by atoms with Crippen molar-refractivity contribution in [3.8, 4) is 0 Å². The van der Waals surface area contributed by atoms with E-state index < -0.39 is 0 Å². The monoisotopic (exact) mass is 367 g/mol. The summed E-state index contributed by atoms with van der Waals surface area (Å²) in [5, 5.41) is 10.7. The van der Waals surface area contributed by atoms with E-state index in [2.05, 4.69) is 16.0 Å². The third-order valence-electron chi connectivity index (χ3n) is 3.33. The fourth-order valence-electron chi connectivity index (χ4n) is 2.12. The number of halogens is 1. The standard InChI is InChI=1S/C17H21N3O2S.ClH/c1-12(11-18-2)17(22)20-15-8-4-3-7-14(15)19-16(21)10-13-6-5-9-23-13;/h3-9,12,18H,10-11H2,1-2H3,(H,19,21)(H,20,22);1H. The van der Waals surface area contributed by atoms with Crippen molar-refractivity contribution in [2.75, 3.05) is 24.2 Å². The molecule has 0 spiro atoms. The van der Waals surface area contributed by atoms with E-state index in [1.54, 1.807) is 23.5 Å². The average Bonchev–Trinajstić information content (AvgIpc) is 3.02. The fourth-order valence-corrected chi connectivity index (χ4v) is 2.83. The first-order chi connectivity index (χ1) is 11.1. The van der Waals surface area contributed by atoms with Crippen LogP contribution in [-0.4, -0.2) is 25.4 Å². The van der Waals surface area contributed by atoms with Crippen molar-refractivity contribution in [1.29, 1.82) is 0 Å². The van der Waals surface area contributed by atoms with Crippen molar-refractivity contribution in [2.45, 2.75) is 13.3 Å². The maximum absolute atomic E-state index is 12.1. The summed E-state index contributed by atoms with van der Waals surface area (Å²) in [5.74, 6) is -0.341. The van der Waals surface area contributed by atoms with Gasteiger partial charge in [0.15, 0.2) is 0 Å². The van der Waals surface area contributed by atoms with Crippen LogP contribution in [0.5, 0.6) is 0 Å². The normalized spacial score (nSPS) is 11.2. The smallest absolute Gasteiger partial charge is 0.229 e. The maximum atomic E-state index is 12.1. The summed E-state index contributed by atoms with van der Waals surface area (Å²) in [6, 6.07) is 11.1. The van der Waals surface area contributed by atoms with Crippen LogP contribution in [0.15, 0.2) is 41.8 Å². The molecular weight excluding hydrogens is 346 g/mol. The number of benzene rings is 1. The second-order valence-electron chi connectivity index (χ2n) is 5.30. The van der Waals surface area contributed by atoms with Crippen LogP contribution in [0.25, 0.3) is 0 Å². The highest BCUT2D eigenvalue weighted by molar-refractivity contribution is 7.10. The average molecular weight is 368 g/mol. The Morgan fingerprint density at radius 3 is 2.33 bits per heavy atom. The number of thiophene rings is 1. The van der Waals surface area contributed by atoms with Gasteiger partial charge in [-0.3, -0.25) is 9.59 Å². The summed E-state index contributed by atoms with van der Waals surface area (Å²) in [6.07, 6.45) is 0.329. The van der Waals surface area contributed by atoms with Crippen LogP contribution in [0.1, 0.15) is 11.8 Å². The molecule has 7 heteroatoms. The molecule has 1 aromatic carbocycles. The molecule has 0 bridgehead atoms. The van der Waals surface area contributed by atoms with Crippen molar-refractivity contribution in [2.24, 2.45) is 5.92 Å². The third kappa shape index (κ3) is 5.96. The van der Waals surface area contributed by atoms with Crippen molar-refractivity contribution >= 4 is 46.9 Å². The molecule has 0 saturated carbocycles. The van der Waals surface area contributed by atoms with E-state index in [9.17, 15) is 9.59 Å². The van der Waals surface area contributed by atoms with E-state index in [4.69, 9.17) is 0 Å². The highest BCUT2D eigenvalue weighted by atomic mass is 35.5. The molecule has 2 rings (SSSR count). The molecule has 0 fully saturated rings. The van der Waals surface area contributed by atoms with Crippen molar-refractivity contribution in [3.63, 3.8) is 0 Å². The lowest BCUT2D eigenvalue weighted by atomic mass is 10.1. The topological polar surface area (TPSA) is 70.2 Å². The van der Waals surface area contributed by atoms with Gasteiger partial charge in [-0.1, -0.05) is 25.1 Å². The Morgan fingerprint density at radius 2 is 1.75 bits per heavy atom. The maximum Gasteiger partial charge on any atom is 0.229 e. The van der Waals surface area contributed by atoms with Gasteiger partial charge in [0, 0.05) is 17.3 Å². The first-order valence-corrected chi connectivity index (χ1v) is 8.35. The van der Waals surface area contributed by atoms with E-state index in [0.29, 0.717) is 24.3 Å². The van der Waals surface area contributed by atoms with Crippen LogP contribution in [0.4, 0.5) is 11.4 Å². The summed E-state index contributed by atoms with van der Waals surface area (Å²) < 4.78 is 0. The van der Waals surface area contributed by atoms with Gasteiger partial charge >= 0.3 is 0 Å². The molecule has 0 aliphatic rings. The van der Waals surface area contributed by atoms with Gasteiger partial charge in [-0.2, -0.15) is 0 Å². The summed E-state index contributed by atoms with van der Waals surface area (Å²) in [5.41, 5.74) is 1.22. The Balaban J connectivity index is 0.00000288. The first kappa shape index (κ1) is 20.2. The molecule has 0 radical (unpaired) electrons. The molecule has 0 aliphatic heterocycles. The van der Waals surface area contributed by atoms with Crippen LogP contribution >= 0.6 is 23.7 Å². The number of nitrogens with one attached hydrogen (secondary N) is 3. The molecule has 0 saturated heterocycles. The zero-order chi connectivity index (χ0) is 16.7. The first-order valence-electron chi connectivity index (χ1n) is 7.47. The van der Waals surface area contributed by atoms with Gasteiger partial charge in [-0.15, -0.1) is 23.7 Å². The molecule has 24 heavy (non-hydrogen) atoms. The van der Waals surface area contributed by atoms with E-state index in [0.717, 1.165) is 4.88 Å². The van der Waals surface area contributed by atoms with Gasteiger partial charge in [-0.05, 0) is 30.6 Å². The highest BCUT2D eigenvalue weighted by Crippen LogP contribution is 2.22. The van der Waals surface area contributed by atoms with Crippen molar-refractivity contribution in [3.05, 3.63) is 46.7 Å². The predicted molar refractivity (Wildman–Crippen MR) is 102 cm³/mol. The minimum atomic E-state index is -0.158. The second-order valence-corrected chi connectivity index (χ2v) is 6.33. The minimum absolute atomic E-state index is 0. The lowest BCUT2D eigenvalue weighted by Gasteiger charge is -2.15. The molecule has 2 amide bonds. The van der Waals surface area contributed by atoms with Gasteiger partial charge in [-0.25, -0.2) is 0 Å². The van der Waals surface area contributed by atoms with Crippen LogP contribution in [-0.2, 0) is 16.0 Å². The van der Waals surface area contributed by atoms with E-state index in [1.807, 2.05) is 43.6 Å². The fraction of sp³-hybridized carbons (Fsp3) is 0.294. The SMILES string of the molecule is CNCC(C)C(=O)Nc1ccccc1NC(=O)Cc1cccs1.Cl. The molecule has 0 aliphatic carbocycles. The van der Waals surface area contributed by atoms with Gasteiger partial charge < -0.3 is 16.0 Å². The number of rotatable bonds is 7. The van der Waals surface area contributed by atoms with E-state index in [1.165, 1.54) is 0 Å². The summed E-state index contributed by atoms with van der Waals surface area (Å²) in [6.45, 7) is 2.45. The number of hydrogen-bond donors (Lipinski definition) is 3. The summed E-state index contributed by atoms with van der Waals surface area (Å²) in [4.78, 5) is 25.3. The van der Waals surface area contributed by atoms with Crippen LogP contribution < -0.4 is 16.0 Å². The summed E-state index contributed by atoms with van der Waals surface area (Å²) >= 11 is 1.55. The van der Waals surface area contributed by atoms with Crippen LogP contribution in [0, 0.1) is 5.92 Å². The molecule has 1 heterocycles. The Bertz CT molecular complexity index is 662. The lowest BCUT2D eigenvalue weighted by molar-refractivity contribution is -0.119. The number of anilines is 2. The number of para-hydroxylation sites is 2. The zero-order valence-electron chi connectivity index (χ0n) is 13.7. The van der Waals surface area contributed by atoms with Gasteiger partial charge in [0.05, 0.1) is 17.8 Å².